The van der Waals surface area contributed by atoms with E-state index in [1.54, 1.807) is 0 Å². The second-order valence-electron chi connectivity index (χ2n) is 11.8. The van der Waals surface area contributed by atoms with E-state index in [4.69, 9.17) is 9.97 Å². The van der Waals surface area contributed by atoms with Gasteiger partial charge in [-0.25, -0.2) is 0 Å². The lowest BCUT2D eigenvalue weighted by molar-refractivity contribution is 1.28. The first-order chi connectivity index (χ1) is 22.3. The summed E-state index contributed by atoms with van der Waals surface area (Å²) in [5.41, 5.74) is 7.86. The van der Waals surface area contributed by atoms with Crippen molar-refractivity contribution in [1.82, 2.24) is 14.4 Å². The maximum Gasteiger partial charge on any atom is 0.0726 e. The average Bonchev–Trinajstić information content (AvgIpc) is 3.84. The molecule has 0 fully saturated rings. The highest BCUT2D eigenvalue weighted by atomic mass is 32.1. The summed E-state index contributed by atoms with van der Waals surface area (Å²) < 4.78 is 7.56. The molecule has 0 aliphatic heterocycles. The van der Waals surface area contributed by atoms with Gasteiger partial charge in [-0.05, 0) is 24.3 Å². The SMILES string of the molecule is c1ccc2c(c1)sc1c(-c3cc4c5cccc6c7cc(-c8cccc9c8sc8ccccc89)ncc7n(c4cn3)c56)cccc12. The largest absolute Gasteiger partial charge is 0.305 e. The number of aromatic nitrogens is 3. The van der Waals surface area contributed by atoms with Crippen molar-refractivity contribution in [2.24, 2.45) is 0 Å². The highest BCUT2D eigenvalue weighted by Crippen LogP contribution is 2.44. The van der Waals surface area contributed by atoms with Gasteiger partial charge < -0.3 is 4.40 Å². The van der Waals surface area contributed by atoms with Gasteiger partial charge in [-0.2, -0.15) is 0 Å². The molecule has 5 heteroatoms. The van der Waals surface area contributed by atoms with Crippen LogP contribution in [-0.2, 0) is 0 Å². The Balaban J connectivity index is 1.14. The van der Waals surface area contributed by atoms with Crippen LogP contribution >= 0.6 is 22.7 Å². The van der Waals surface area contributed by atoms with Crippen LogP contribution in [0.5, 0.6) is 0 Å². The van der Waals surface area contributed by atoms with E-state index in [1.807, 2.05) is 22.7 Å². The number of thiophene rings is 2. The molecule has 5 aromatic carbocycles. The topological polar surface area (TPSA) is 30.2 Å². The molecule has 0 saturated carbocycles. The minimum absolute atomic E-state index is 1.01. The van der Waals surface area contributed by atoms with E-state index in [-0.39, 0.29) is 0 Å². The van der Waals surface area contributed by atoms with Crippen LogP contribution in [0.4, 0.5) is 0 Å². The van der Waals surface area contributed by atoms with Gasteiger partial charge in [0.2, 0.25) is 0 Å². The molecule has 208 valence electrons. The van der Waals surface area contributed by atoms with Crippen molar-refractivity contribution in [1.29, 1.82) is 0 Å². The van der Waals surface area contributed by atoms with Crippen LogP contribution in [0.1, 0.15) is 0 Å². The van der Waals surface area contributed by atoms with Crippen molar-refractivity contribution in [3.05, 3.63) is 128 Å². The second kappa shape index (κ2) is 8.63. The van der Waals surface area contributed by atoms with Crippen molar-refractivity contribution in [3.8, 4) is 22.5 Å². The predicted molar refractivity (Wildman–Crippen MR) is 193 cm³/mol. The fraction of sp³-hybridized carbons (Fsp3) is 0. The number of fused-ring (bicyclic) bond motifs is 12. The van der Waals surface area contributed by atoms with Crippen molar-refractivity contribution in [2.75, 3.05) is 0 Å². The van der Waals surface area contributed by atoms with E-state index in [0.717, 1.165) is 22.4 Å². The lowest BCUT2D eigenvalue weighted by atomic mass is 10.0. The van der Waals surface area contributed by atoms with Gasteiger partial charge >= 0.3 is 0 Å². The summed E-state index contributed by atoms with van der Waals surface area (Å²) in [7, 11) is 0. The van der Waals surface area contributed by atoms with Gasteiger partial charge in [0.05, 0.1) is 40.3 Å². The van der Waals surface area contributed by atoms with Crippen LogP contribution in [-0.4, -0.2) is 14.4 Å². The summed E-state index contributed by atoms with van der Waals surface area (Å²) in [6.07, 6.45) is 4.11. The highest BCUT2D eigenvalue weighted by molar-refractivity contribution is 7.26. The molecule has 0 atom stereocenters. The number of benzene rings is 5. The molecule has 0 amide bonds. The zero-order chi connectivity index (χ0) is 29.2. The summed E-state index contributed by atoms with van der Waals surface area (Å²) in [6.45, 7) is 0. The van der Waals surface area contributed by atoms with E-state index in [0.29, 0.717) is 0 Å². The van der Waals surface area contributed by atoms with Gasteiger partial charge in [-0.1, -0.05) is 91.0 Å². The van der Waals surface area contributed by atoms with Gasteiger partial charge in [-0.3, -0.25) is 9.97 Å². The maximum absolute atomic E-state index is 5.08. The first-order valence-electron chi connectivity index (χ1n) is 15.1. The summed E-state index contributed by atoms with van der Waals surface area (Å²) in [5, 5.41) is 10.1. The predicted octanol–water partition coefficient (Wildman–Crippen LogP) is 11.7. The third kappa shape index (κ3) is 3.13. The van der Waals surface area contributed by atoms with Crippen molar-refractivity contribution in [3.63, 3.8) is 0 Å². The smallest absolute Gasteiger partial charge is 0.0726 e. The molecule has 45 heavy (non-hydrogen) atoms. The summed E-state index contributed by atoms with van der Waals surface area (Å²) in [4.78, 5) is 10.2. The molecule has 0 bridgehead atoms. The summed E-state index contributed by atoms with van der Waals surface area (Å²) in [5.74, 6) is 0. The lowest BCUT2D eigenvalue weighted by Gasteiger charge is -2.06. The normalized spacial score (nSPS) is 12.4. The third-order valence-electron chi connectivity index (χ3n) is 9.45. The fourth-order valence-electron chi connectivity index (χ4n) is 7.47. The Morgan fingerprint density at radius 2 is 0.867 bits per heavy atom. The van der Waals surface area contributed by atoms with E-state index < -0.39 is 0 Å². The fourth-order valence-corrected chi connectivity index (χ4v) is 9.92. The molecule has 11 rings (SSSR count). The van der Waals surface area contributed by atoms with Crippen molar-refractivity contribution >= 4 is 101 Å². The standard InChI is InChI=1S/C40H21N3S2/c1-3-16-36-22(8-1)26-12-6-14-28(39(26)44-36)32-18-30-24-10-5-11-25-31-19-33(42-21-35(31)43(38(24)25)34(30)20-41-32)29-15-7-13-27-23-9-2-4-17-37(23)45-40(27)29/h1-21H. The average molecular weight is 608 g/mol. The molecule has 0 unspecified atom stereocenters. The van der Waals surface area contributed by atoms with Crippen LogP contribution in [0.2, 0.25) is 0 Å². The monoisotopic (exact) mass is 607 g/mol. The zero-order valence-corrected chi connectivity index (χ0v) is 25.4. The number of para-hydroxylation sites is 1. The van der Waals surface area contributed by atoms with Crippen molar-refractivity contribution in [2.45, 2.75) is 0 Å². The van der Waals surface area contributed by atoms with Gasteiger partial charge in [0.25, 0.3) is 0 Å². The summed E-state index contributed by atoms with van der Waals surface area (Å²) >= 11 is 3.70. The molecule has 3 nitrogen and oxygen atoms in total. The van der Waals surface area contributed by atoms with Gasteiger partial charge in [0.1, 0.15) is 0 Å². The molecule has 11 aromatic rings. The number of rotatable bonds is 2. The second-order valence-corrected chi connectivity index (χ2v) is 13.9. The molecule has 6 aromatic heterocycles. The molecule has 0 N–H and O–H groups in total. The van der Waals surface area contributed by atoms with Crippen LogP contribution in [0, 0.1) is 0 Å². The minimum atomic E-state index is 1.01. The Hall–Kier alpha value is -5.36. The molecule has 0 radical (unpaired) electrons. The van der Waals surface area contributed by atoms with E-state index >= 15 is 0 Å². The minimum Gasteiger partial charge on any atom is -0.305 e. The first-order valence-corrected chi connectivity index (χ1v) is 16.7. The molecule has 6 heterocycles. The highest BCUT2D eigenvalue weighted by Gasteiger charge is 2.20. The van der Waals surface area contributed by atoms with Crippen LogP contribution in [0.3, 0.4) is 0 Å². The number of hydrogen-bond donors (Lipinski definition) is 0. The van der Waals surface area contributed by atoms with Crippen LogP contribution in [0.25, 0.3) is 101 Å². The Labute approximate surface area is 264 Å². The van der Waals surface area contributed by atoms with Crippen molar-refractivity contribution < 1.29 is 0 Å². The summed E-state index contributed by atoms with van der Waals surface area (Å²) in [6, 6.07) is 41.8. The van der Waals surface area contributed by atoms with E-state index in [2.05, 4.69) is 132 Å². The lowest BCUT2D eigenvalue weighted by Crippen LogP contribution is -1.88. The Morgan fingerprint density at radius 3 is 1.40 bits per heavy atom. The third-order valence-corrected chi connectivity index (χ3v) is 11.9. The van der Waals surface area contributed by atoms with Crippen LogP contribution in [0.15, 0.2) is 128 Å². The van der Waals surface area contributed by atoms with E-state index in [9.17, 15) is 0 Å². The Morgan fingerprint density at radius 1 is 0.422 bits per heavy atom. The number of nitrogens with zero attached hydrogens (tertiary/aromatic N) is 3. The molecular formula is C40H21N3S2. The molecule has 0 saturated heterocycles. The van der Waals surface area contributed by atoms with Gasteiger partial charge in [-0.15, -0.1) is 22.7 Å². The molecule has 0 aliphatic carbocycles. The molecule has 0 spiro atoms. The Bertz CT molecular complexity index is 2800. The quantitative estimate of drug-likeness (QED) is 0.196. The van der Waals surface area contributed by atoms with Gasteiger partial charge in [0, 0.05) is 73.0 Å². The Kier molecular flexibility index (Phi) is 4.61. The number of pyridine rings is 2. The van der Waals surface area contributed by atoms with Gasteiger partial charge in [0.15, 0.2) is 0 Å². The zero-order valence-electron chi connectivity index (χ0n) is 23.8. The molecular weight excluding hydrogens is 587 g/mol. The van der Waals surface area contributed by atoms with E-state index in [1.165, 1.54) is 78.5 Å². The molecule has 0 aliphatic rings. The van der Waals surface area contributed by atoms with Crippen LogP contribution < -0.4 is 0 Å². The first kappa shape index (κ1) is 24.0. The number of hydrogen-bond acceptors (Lipinski definition) is 4. The maximum atomic E-state index is 5.08.